The number of rotatable bonds is 16. The number of hydrogen-bond donors (Lipinski definition) is 2. The Labute approximate surface area is 339 Å². The summed E-state index contributed by atoms with van der Waals surface area (Å²) >= 11 is 0. The summed E-state index contributed by atoms with van der Waals surface area (Å²) in [6, 6.07) is 5.41. The maximum Gasteiger partial charge on any atom is 0.409 e. The quantitative estimate of drug-likeness (QED) is 0.186. The van der Waals surface area contributed by atoms with Gasteiger partial charge < -0.3 is 44.3 Å². The number of hydrogen-bond acceptors (Lipinski definition) is 11. The van der Waals surface area contributed by atoms with E-state index in [1.54, 1.807) is 26.8 Å². The predicted molar refractivity (Wildman–Crippen MR) is 212 cm³/mol. The highest BCUT2D eigenvalue weighted by molar-refractivity contribution is 5.99. The number of aryl methyl sites for hydroxylation is 1. The molecule has 16 nitrogen and oxygen atoms in total. The number of ether oxygens (including phenoxy) is 4. The number of fused-ring (bicyclic) bond motifs is 1. The average molecular weight is 807 g/mol. The van der Waals surface area contributed by atoms with Crippen LogP contribution in [0.1, 0.15) is 100 Å². The molecule has 4 aliphatic rings. The summed E-state index contributed by atoms with van der Waals surface area (Å²) in [5.74, 6) is -1.82. The van der Waals surface area contributed by atoms with Crippen molar-refractivity contribution in [3.8, 4) is 5.75 Å². The molecule has 2 aromatic rings. The first-order valence-corrected chi connectivity index (χ1v) is 21.0. The van der Waals surface area contributed by atoms with Gasteiger partial charge in [-0.25, -0.2) is 9.78 Å². The summed E-state index contributed by atoms with van der Waals surface area (Å²) in [6.45, 7) is 6.02. The molecule has 0 spiro atoms. The summed E-state index contributed by atoms with van der Waals surface area (Å²) in [6.07, 6.45) is 7.95. The van der Waals surface area contributed by atoms with Crippen molar-refractivity contribution in [1.29, 1.82) is 0 Å². The Balaban J connectivity index is 1.14. The normalized spacial score (nSPS) is 20.2. The molecule has 0 bridgehead atoms. The third-order valence-electron chi connectivity index (χ3n) is 11.4. The van der Waals surface area contributed by atoms with Crippen LogP contribution in [-0.4, -0.2) is 139 Å². The summed E-state index contributed by atoms with van der Waals surface area (Å²) in [4.78, 5) is 89.3. The van der Waals surface area contributed by atoms with E-state index in [0.29, 0.717) is 43.5 Å². The Kier molecular flexibility index (Phi) is 15.2. The molecule has 4 fully saturated rings. The molecule has 1 aromatic carbocycles. The Morgan fingerprint density at radius 3 is 2.43 bits per heavy atom. The minimum Gasteiger partial charge on any atom is -0.483 e. The lowest BCUT2D eigenvalue weighted by molar-refractivity contribution is -0.149. The van der Waals surface area contributed by atoms with Gasteiger partial charge in [0.1, 0.15) is 30.1 Å². The van der Waals surface area contributed by atoms with Crippen LogP contribution in [0.5, 0.6) is 5.75 Å². The molecule has 3 atom stereocenters. The SMILES string of the molecule is CCCCOC(=O)N1CCN(C(=O)C(CCC(=O)OCC2CCCCO2)NC(=O)c2cc(OCC(=O)N3CCCC3C(=O)NC3CCC3)c3ccc(C)cc3n2)CC1. The topological polar surface area (TPSA) is 186 Å². The van der Waals surface area contributed by atoms with Crippen LogP contribution < -0.4 is 15.4 Å². The standard InChI is InChI=1S/C42H58N6O10/c1-3-4-22-56-42(54)47-20-18-46(19-21-47)41(53)32(15-16-38(50)58-26-30-11-5-6-23-55-30)45-39(51)34-25-36(31-14-13-28(2)24-33(31)44-34)57-27-37(49)48-17-8-12-35(48)40(52)43-29-9-7-10-29/h13-14,24-25,29-30,32,35H,3-12,15-23,26-27H2,1-2H3,(H,43,52)(H,45,51). The Hall–Kier alpha value is -4.99. The molecule has 0 radical (unpaired) electrons. The van der Waals surface area contributed by atoms with E-state index in [1.807, 2.05) is 19.9 Å². The zero-order chi connectivity index (χ0) is 41.0. The number of esters is 1. The van der Waals surface area contributed by atoms with Gasteiger partial charge in [0.15, 0.2) is 6.61 Å². The van der Waals surface area contributed by atoms with Crippen molar-refractivity contribution >= 4 is 46.6 Å². The number of amides is 5. The summed E-state index contributed by atoms with van der Waals surface area (Å²) in [5.41, 5.74) is 1.29. The van der Waals surface area contributed by atoms with Gasteiger partial charge in [-0.05, 0) is 88.8 Å². The van der Waals surface area contributed by atoms with Crippen molar-refractivity contribution in [1.82, 2.24) is 30.3 Å². The van der Waals surface area contributed by atoms with Crippen LogP contribution in [0.3, 0.4) is 0 Å². The van der Waals surface area contributed by atoms with Crippen molar-refractivity contribution in [3.05, 3.63) is 35.5 Å². The second-order valence-electron chi connectivity index (χ2n) is 15.7. The molecular weight excluding hydrogens is 748 g/mol. The fourth-order valence-corrected chi connectivity index (χ4v) is 7.63. The number of pyridine rings is 1. The summed E-state index contributed by atoms with van der Waals surface area (Å²) in [7, 11) is 0. The van der Waals surface area contributed by atoms with Crippen molar-refractivity contribution < 1.29 is 47.7 Å². The smallest absolute Gasteiger partial charge is 0.409 e. The Morgan fingerprint density at radius 2 is 1.71 bits per heavy atom. The first kappa shape index (κ1) is 42.6. The van der Waals surface area contributed by atoms with E-state index in [9.17, 15) is 28.8 Å². The molecule has 3 saturated heterocycles. The van der Waals surface area contributed by atoms with Gasteiger partial charge in [0, 0.05) is 63.2 Å². The summed E-state index contributed by atoms with van der Waals surface area (Å²) < 4.78 is 22.6. The molecule has 1 saturated carbocycles. The molecule has 3 unspecified atom stereocenters. The minimum absolute atomic E-state index is 0.0376. The lowest BCUT2D eigenvalue weighted by atomic mass is 9.93. The van der Waals surface area contributed by atoms with Crippen LogP contribution in [0.4, 0.5) is 4.79 Å². The molecule has 1 aliphatic carbocycles. The fraction of sp³-hybridized carbons (Fsp3) is 0.643. The highest BCUT2D eigenvalue weighted by atomic mass is 16.6. The molecule has 16 heteroatoms. The largest absolute Gasteiger partial charge is 0.483 e. The molecule has 58 heavy (non-hydrogen) atoms. The molecule has 4 heterocycles. The second kappa shape index (κ2) is 20.6. The number of carbonyl (C=O) groups is 6. The first-order valence-electron chi connectivity index (χ1n) is 21.0. The van der Waals surface area contributed by atoms with E-state index < -0.39 is 36.0 Å². The second-order valence-corrected chi connectivity index (χ2v) is 15.7. The van der Waals surface area contributed by atoms with Crippen LogP contribution in [0, 0.1) is 6.92 Å². The molecule has 1 aromatic heterocycles. The number of unbranched alkanes of at least 4 members (excludes halogenated alkanes) is 1. The van der Waals surface area contributed by atoms with E-state index in [1.165, 1.54) is 6.07 Å². The third-order valence-corrected chi connectivity index (χ3v) is 11.4. The van der Waals surface area contributed by atoms with Crippen LogP contribution in [-0.2, 0) is 33.4 Å². The molecule has 2 N–H and O–H groups in total. The monoisotopic (exact) mass is 806 g/mol. The number of aromatic nitrogens is 1. The van der Waals surface area contributed by atoms with E-state index in [4.69, 9.17) is 18.9 Å². The highest BCUT2D eigenvalue weighted by Gasteiger charge is 2.36. The molecule has 316 valence electrons. The predicted octanol–water partition coefficient (Wildman–Crippen LogP) is 3.65. The maximum atomic E-state index is 14.0. The molecule has 3 aliphatic heterocycles. The van der Waals surface area contributed by atoms with E-state index in [0.717, 1.165) is 56.9 Å². The van der Waals surface area contributed by atoms with E-state index in [2.05, 4.69) is 15.6 Å². The number of piperazine rings is 1. The van der Waals surface area contributed by atoms with Gasteiger partial charge >= 0.3 is 12.1 Å². The molecule has 5 amide bonds. The number of likely N-dealkylation sites (tertiary alicyclic amines) is 1. The summed E-state index contributed by atoms with van der Waals surface area (Å²) in [5, 5.41) is 6.45. The fourth-order valence-electron chi connectivity index (χ4n) is 7.63. The highest BCUT2D eigenvalue weighted by Crippen LogP contribution is 2.28. The minimum atomic E-state index is -1.12. The zero-order valence-corrected chi connectivity index (χ0v) is 33.8. The van der Waals surface area contributed by atoms with Crippen LogP contribution in [0.25, 0.3) is 10.9 Å². The van der Waals surface area contributed by atoms with E-state index in [-0.39, 0.29) is 87.6 Å². The zero-order valence-electron chi connectivity index (χ0n) is 33.8. The maximum absolute atomic E-state index is 14.0. The van der Waals surface area contributed by atoms with Crippen LogP contribution in [0.15, 0.2) is 24.3 Å². The van der Waals surface area contributed by atoms with Gasteiger partial charge in [0.05, 0.1) is 18.2 Å². The van der Waals surface area contributed by atoms with Gasteiger partial charge in [-0.2, -0.15) is 0 Å². The average Bonchev–Trinajstić information content (AvgIpc) is 3.72. The molecular formula is C42H58N6O10. The van der Waals surface area contributed by atoms with Gasteiger partial charge in [0.25, 0.3) is 11.8 Å². The Bertz CT molecular complexity index is 1790. The lowest BCUT2D eigenvalue weighted by Gasteiger charge is -2.36. The van der Waals surface area contributed by atoms with Crippen molar-refractivity contribution in [2.45, 2.75) is 115 Å². The van der Waals surface area contributed by atoms with Crippen LogP contribution in [0.2, 0.25) is 0 Å². The third kappa shape index (κ3) is 11.4. The van der Waals surface area contributed by atoms with Crippen molar-refractivity contribution in [3.63, 3.8) is 0 Å². The number of nitrogens with one attached hydrogen (secondary N) is 2. The van der Waals surface area contributed by atoms with E-state index >= 15 is 0 Å². The number of benzene rings is 1. The van der Waals surface area contributed by atoms with Crippen LogP contribution >= 0.6 is 0 Å². The van der Waals surface area contributed by atoms with Crippen molar-refractivity contribution in [2.24, 2.45) is 0 Å². The van der Waals surface area contributed by atoms with Gasteiger partial charge in [-0.3, -0.25) is 24.0 Å². The van der Waals surface area contributed by atoms with Gasteiger partial charge in [0.2, 0.25) is 11.8 Å². The lowest BCUT2D eigenvalue weighted by Crippen LogP contribution is -2.56. The van der Waals surface area contributed by atoms with Gasteiger partial charge in [-0.1, -0.05) is 19.4 Å². The number of carbonyl (C=O) groups excluding carboxylic acids is 6. The van der Waals surface area contributed by atoms with Crippen molar-refractivity contribution in [2.75, 3.05) is 59.2 Å². The Morgan fingerprint density at radius 1 is 0.914 bits per heavy atom. The first-order chi connectivity index (χ1) is 28.1. The van der Waals surface area contributed by atoms with Gasteiger partial charge in [-0.15, -0.1) is 0 Å². The molecule has 6 rings (SSSR count). The number of nitrogens with zero attached hydrogens (tertiary/aromatic N) is 4.